The van der Waals surface area contributed by atoms with E-state index in [4.69, 9.17) is 0 Å². The van der Waals surface area contributed by atoms with Gasteiger partial charge in [0.2, 0.25) is 0 Å². The van der Waals surface area contributed by atoms with E-state index in [1.54, 1.807) is 0 Å². The lowest BCUT2D eigenvalue weighted by atomic mass is 10.1. The van der Waals surface area contributed by atoms with Crippen LogP contribution in [0.25, 0.3) is 0 Å². The number of nitrogens with one attached hydrogen (secondary N) is 3. The summed E-state index contributed by atoms with van der Waals surface area (Å²) in [5, 5.41) is 2.85. The van der Waals surface area contributed by atoms with Crippen LogP contribution in [0, 0.1) is 0 Å². The van der Waals surface area contributed by atoms with Gasteiger partial charge in [0, 0.05) is 22.4 Å². The summed E-state index contributed by atoms with van der Waals surface area (Å²) in [6, 6.07) is 7.73. The first-order valence-corrected chi connectivity index (χ1v) is 5.43. The van der Waals surface area contributed by atoms with E-state index in [0.29, 0.717) is 5.56 Å². The van der Waals surface area contributed by atoms with E-state index in [-0.39, 0.29) is 16.2 Å². The quantitative estimate of drug-likeness (QED) is 0.672. The van der Waals surface area contributed by atoms with Gasteiger partial charge in [-0.1, -0.05) is 12.1 Å². The van der Waals surface area contributed by atoms with E-state index in [2.05, 4.69) is 16.2 Å². The van der Waals surface area contributed by atoms with Crippen molar-refractivity contribution in [3.05, 3.63) is 35.4 Å². The number of hydrogen-bond donors (Lipinski definition) is 3. The maximum atomic E-state index is 11.6. The predicted molar refractivity (Wildman–Crippen MR) is 71.3 cm³/mol. The number of hydrogen-bond acceptors (Lipinski definition) is 3. The minimum Gasteiger partial charge on any atom is -0.350 e. The molecular weight excluding hydrogens is 202 g/mol. The summed E-state index contributed by atoms with van der Waals surface area (Å²) in [6.45, 7) is 4.63. The first-order chi connectivity index (χ1) is 7.63. The number of carbonyl (C=O) groups excluding carboxylic acids is 1. The summed E-state index contributed by atoms with van der Waals surface area (Å²) in [4.78, 5) is 11.6. The van der Waals surface area contributed by atoms with Crippen LogP contribution in [-0.4, -0.2) is 19.0 Å². The number of amides is 1. The highest BCUT2D eigenvalue weighted by Gasteiger charge is 2.05. The molecule has 0 saturated carbocycles. The molecule has 0 heterocycles. The lowest BCUT2D eigenvalue weighted by Gasteiger charge is -2.09. The average Bonchev–Trinajstić information content (AvgIpc) is 2.26. The second kappa shape index (κ2) is 6.25. The molecule has 0 unspecified atom stereocenters. The van der Waals surface area contributed by atoms with E-state index in [0.717, 1.165) is 12.1 Å². The second-order valence-electron chi connectivity index (χ2n) is 3.93. The Kier molecular flexibility index (Phi) is 4.95. The van der Waals surface area contributed by atoms with Crippen molar-refractivity contribution in [3.8, 4) is 0 Å². The number of carbonyl (C=O) groups is 1. The molecule has 0 atom stereocenters. The van der Waals surface area contributed by atoms with Gasteiger partial charge in [0.1, 0.15) is 0 Å². The predicted octanol–water partition coefficient (Wildman–Crippen LogP) is 1.79. The summed E-state index contributed by atoms with van der Waals surface area (Å²) in [5.41, 5.74) is 7.68. The third-order valence-electron chi connectivity index (χ3n) is 2.11. The van der Waals surface area contributed by atoms with Gasteiger partial charge >= 0.3 is 0 Å². The van der Waals surface area contributed by atoms with E-state index < -0.39 is 0 Å². The molecule has 0 fully saturated rings. The second-order valence-corrected chi connectivity index (χ2v) is 3.93. The van der Waals surface area contributed by atoms with E-state index in [1.165, 1.54) is 0 Å². The highest BCUT2D eigenvalue weighted by Crippen LogP contribution is 2.04. The van der Waals surface area contributed by atoms with Crippen molar-refractivity contribution >= 4 is 5.91 Å². The topological polar surface area (TPSA) is 53.2 Å². The largest absolute Gasteiger partial charge is 0.350 e. The van der Waals surface area contributed by atoms with E-state index >= 15 is 0 Å². The Bertz CT molecular complexity index is 345. The van der Waals surface area contributed by atoms with Crippen LogP contribution in [0.1, 0.15) is 34.0 Å². The minimum atomic E-state index is -0.0249. The summed E-state index contributed by atoms with van der Waals surface area (Å²) in [6.07, 6.45) is 0. The molecule has 0 bridgehead atoms. The maximum absolute atomic E-state index is 11.6. The molecule has 0 spiro atoms. The van der Waals surface area contributed by atoms with E-state index in [9.17, 15) is 4.79 Å². The molecule has 4 heteroatoms. The molecule has 0 radical (unpaired) electrons. The van der Waals surface area contributed by atoms with Crippen LogP contribution < -0.4 is 16.2 Å². The molecule has 16 heavy (non-hydrogen) atoms. The Hall–Kier alpha value is -1.39. The van der Waals surface area contributed by atoms with Crippen LogP contribution in [0.3, 0.4) is 0 Å². The van der Waals surface area contributed by atoms with Crippen LogP contribution in [0.15, 0.2) is 24.3 Å². The molecule has 0 aromatic heterocycles. The van der Waals surface area contributed by atoms with Gasteiger partial charge in [-0.3, -0.25) is 15.6 Å². The van der Waals surface area contributed by atoms with Gasteiger partial charge in [0.25, 0.3) is 5.91 Å². The fourth-order valence-corrected chi connectivity index (χ4v) is 1.31. The first kappa shape index (κ1) is 12.7. The highest BCUT2D eigenvalue weighted by molar-refractivity contribution is 5.94. The SMILES string of the molecule is CNNCc1ccc(C(=O)NC(C)C)cc1.[HH].[HH].[HH]. The van der Waals surface area contributed by atoms with Gasteiger partial charge in [-0.2, -0.15) is 0 Å². The third-order valence-corrected chi connectivity index (χ3v) is 2.11. The summed E-state index contributed by atoms with van der Waals surface area (Å²) >= 11 is 0. The average molecular weight is 227 g/mol. The number of hydrazine groups is 1. The molecule has 4 nitrogen and oxygen atoms in total. The Morgan fingerprint density at radius 3 is 2.44 bits per heavy atom. The van der Waals surface area contributed by atoms with Crippen molar-refractivity contribution in [3.63, 3.8) is 0 Å². The smallest absolute Gasteiger partial charge is 0.251 e. The van der Waals surface area contributed by atoms with Crippen molar-refractivity contribution in [1.82, 2.24) is 16.2 Å². The van der Waals surface area contributed by atoms with Gasteiger partial charge in [0.05, 0.1) is 0 Å². The molecular formula is C12H25N3O. The van der Waals surface area contributed by atoms with Crippen LogP contribution >= 0.6 is 0 Å². The Labute approximate surface area is 101 Å². The van der Waals surface area contributed by atoms with Gasteiger partial charge in [-0.05, 0) is 38.6 Å². The molecule has 0 aliphatic heterocycles. The van der Waals surface area contributed by atoms with Crippen molar-refractivity contribution < 1.29 is 9.07 Å². The normalized spacial score (nSPS) is 10.5. The molecule has 0 aliphatic rings. The molecule has 1 aromatic carbocycles. The molecule has 1 rings (SSSR count). The van der Waals surface area contributed by atoms with Crippen molar-refractivity contribution in [2.75, 3.05) is 7.05 Å². The molecule has 0 saturated heterocycles. The Balaban J connectivity index is -0.000000853. The molecule has 94 valence electrons. The van der Waals surface area contributed by atoms with Crippen LogP contribution in [0.5, 0.6) is 0 Å². The van der Waals surface area contributed by atoms with Crippen LogP contribution in [0.2, 0.25) is 0 Å². The van der Waals surface area contributed by atoms with Gasteiger partial charge < -0.3 is 5.32 Å². The molecule has 3 N–H and O–H groups in total. The number of benzene rings is 1. The molecule has 1 amide bonds. The molecule has 1 aromatic rings. The highest BCUT2D eigenvalue weighted by atomic mass is 16.1. The van der Waals surface area contributed by atoms with E-state index in [1.807, 2.05) is 45.2 Å². The molecule has 0 aliphatic carbocycles. The standard InChI is InChI=1S/C12H19N3O.3H2/c1-9(2)15-12(16)11-6-4-10(5-7-11)8-14-13-3;;;/h4-7,9,13-14H,8H2,1-3H3,(H,15,16);3*1H. The summed E-state index contributed by atoms with van der Waals surface area (Å²) < 4.78 is 0. The lowest BCUT2D eigenvalue weighted by molar-refractivity contribution is 0.0943. The lowest BCUT2D eigenvalue weighted by Crippen LogP contribution is -2.30. The Morgan fingerprint density at radius 2 is 1.94 bits per heavy atom. The third kappa shape index (κ3) is 4.00. The number of rotatable bonds is 5. The summed E-state index contributed by atoms with van der Waals surface area (Å²) in [7, 11) is 1.82. The zero-order chi connectivity index (χ0) is 12.0. The fraction of sp³-hybridized carbons (Fsp3) is 0.417. The van der Waals surface area contributed by atoms with Crippen LogP contribution in [0.4, 0.5) is 0 Å². The fourth-order valence-electron chi connectivity index (χ4n) is 1.31. The van der Waals surface area contributed by atoms with Gasteiger partial charge in [0.15, 0.2) is 0 Å². The monoisotopic (exact) mass is 227 g/mol. The Morgan fingerprint density at radius 1 is 1.31 bits per heavy atom. The zero-order valence-corrected chi connectivity index (χ0v) is 10.0. The van der Waals surface area contributed by atoms with Crippen LogP contribution in [-0.2, 0) is 6.54 Å². The first-order valence-electron chi connectivity index (χ1n) is 5.43. The summed E-state index contributed by atoms with van der Waals surface area (Å²) in [5.74, 6) is -0.0249. The van der Waals surface area contributed by atoms with Crippen molar-refractivity contribution in [2.24, 2.45) is 0 Å². The zero-order valence-electron chi connectivity index (χ0n) is 10.0. The minimum absolute atomic E-state index is 0. The van der Waals surface area contributed by atoms with Crippen molar-refractivity contribution in [2.45, 2.75) is 26.4 Å². The maximum Gasteiger partial charge on any atom is 0.251 e. The van der Waals surface area contributed by atoms with Gasteiger partial charge in [-0.15, -0.1) is 0 Å². The van der Waals surface area contributed by atoms with Crippen molar-refractivity contribution in [1.29, 1.82) is 0 Å². The van der Waals surface area contributed by atoms with Gasteiger partial charge in [-0.25, -0.2) is 0 Å².